The van der Waals surface area contributed by atoms with E-state index in [1.807, 2.05) is 0 Å². The van der Waals surface area contributed by atoms with Crippen LogP contribution in [-0.2, 0) is 0 Å². The fourth-order valence-corrected chi connectivity index (χ4v) is 8.88. The number of fused-ring (bicyclic) bond motifs is 1. The summed E-state index contributed by atoms with van der Waals surface area (Å²) in [6.07, 6.45) is 9.30. The standard InChI is InChI=1S/C20H26N/c1-9-13-4-3-10-5-11(10)6-12-7-14-16(12)15-8-20(17(14)15)18(13)19(20)21(9)2/h10-19H,1-8H2/q+1/t10?,11?,12?,13?,14?,15?,16?,17?,18-,19?,20?/m1/s1. The lowest BCUT2D eigenvalue weighted by Gasteiger charge is -2.73. The molecule has 1 heterocycles. The molecule has 8 aliphatic rings. The zero-order chi connectivity index (χ0) is 13.7. The average Bonchev–Trinajstić information content (AvgIpc) is 3.29. The van der Waals surface area contributed by atoms with Gasteiger partial charge in [-0.3, -0.25) is 0 Å². The van der Waals surface area contributed by atoms with Gasteiger partial charge in [-0.2, -0.15) is 0 Å². The van der Waals surface area contributed by atoms with Gasteiger partial charge >= 0.3 is 0 Å². The predicted octanol–water partition coefficient (Wildman–Crippen LogP) is 3.55. The number of allylic oxidation sites excluding steroid dienone is 1. The lowest BCUT2D eigenvalue weighted by atomic mass is 9.31. The van der Waals surface area contributed by atoms with E-state index < -0.39 is 0 Å². The van der Waals surface area contributed by atoms with Crippen LogP contribution in [0.5, 0.6) is 0 Å². The third-order valence-electron chi connectivity index (χ3n) is 9.73. The summed E-state index contributed by atoms with van der Waals surface area (Å²) in [6, 6.07) is 0.812. The van der Waals surface area contributed by atoms with E-state index >= 15 is 0 Å². The van der Waals surface area contributed by atoms with Gasteiger partial charge in [-0.15, -0.1) is 0 Å². The number of nitrogens with zero attached hydrogens (tertiary/aromatic N) is 1. The molecule has 1 aliphatic heterocycles. The Balaban J connectivity index is 1.30. The van der Waals surface area contributed by atoms with E-state index in [1.165, 1.54) is 24.5 Å². The predicted molar refractivity (Wildman–Crippen MR) is 81.9 cm³/mol. The number of rotatable bonds is 0. The highest BCUT2D eigenvalue weighted by Crippen LogP contribution is 2.88. The summed E-state index contributed by atoms with van der Waals surface area (Å²) >= 11 is 0. The average molecular weight is 280 g/mol. The second kappa shape index (κ2) is 2.93. The summed E-state index contributed by atoms with van der Waals surface area (Å²) in [6.45, 7) is 8.84. The van der Waals surface area contributed by atoms with Crippen LogP contribution in [0.2, 0.25) is 0 Å². The molecule has 7 saturated carbocycles. The van der Waals surface area contributed by atoms with Gasteiger partial charge in [0, 0.05) is 11.3 Å². The molecule has 1 saturated heterocycles. The summed E-state index contributed by atoms with van der Waals surface area (Å²) in [5.41, 5.74) is 2.14. The molecule has 4 bridgehead atoms. The molecule has 0 aromatic carbocycles. The summed E-state index contributed by atoms with van der Waals surface area (Å²) in [5.74, 6) is 9.77. The van der Waals surface area contributed by atoms with Crippen molar-refractivity contribution in [1.29, 1.82) is 0 Å². The first-order chi connectivity index (χ1) is 10.2. The Hall–Kier alpha value is -0.590. The molecule has 0 amide bonds. The van der Waals surface area contributed by atoms with Gasteiger partial charge in [0.15, 0.2) is 11.7 Å². The maximum atomic E-state index is 4.42. The third kappa shape index (κ3) is 0.933. The quantitative estimate of drug-likeness (QED) is 0.597. The van der Waals surface area contributed by atoms with Crippen LogP contribution < -0.4 is 0 Å². The van der Waals surface area contributed by atoms with E-state index in [0.717, 1.165) is 58.8 Å². The highest BCUT2D eigenvalue weighted by Gasteiger charge is 2.91. The van der Waals surface area contributed by atoms with Gasteiger partial charge < -0.3 is 0 Å². The normalized spacial score (nSPS) is 71.0. The van der Waals surface area contributed by atoms with Gasteiger partial charge in [-0.05, 0) is 86.5 Å². The van der Waals surface area contributed by atoms with Crippen molar-refractivity contribution in [2.75, 3.05) is 0 Å². The first-order valence-electron chi connectivity index (χ1n) is 9.50. The minimum Gasteiger partial charge on any atom is -0.206 e. The molecule has 21 heavy (non-hydrogen) atoms. The van der Waals surface area contributed by atoms with Gasteiger partial charge in [0.25, 0.3) is 0 Å². The second-order valence-electron chi connectivity index (χ2n) is 9.85. The van der Waals surface area contributed by atoms with Crippen molar-refractivity contribution >= 4 is 6.72 Å². The molecule has 8 fully saturated rings. The van der Waals surface area contributed by atoms with E-state index in [1.54, 1.807) is 25.7 Å². The molecule has 7 aliphatic carbocycles. The first kappa shape index (κ1) is 11.0. The molecule has 0 aromatic heterocycles. The summed E-state index contributed by atoms with van der Waals surface area (Å²) in [5, 5.41) is 0. The highest BCUT2D eigenvalue weighted by atomic mass is 15.2. The molecular weight excluding hydrogens is 254 g/mol. The van der Waals surface area contributed by atoms with Crippen LogP contribution in [-0.4, -0.2) is 17.3 Å². The monoisotopic (exact) mass is 280 g/mol. The Morgan fingerprint density at radius 2 is 1.81 bits per heavy atom. The Kier molecular flexibility index (Phi) is 1.54. The topological polar surface area (TPSA) is 3.01 Å². The molecule has 11 atom stereocenters. The van der Waals surface area contributed by atoms with Crippen molar-refractivity contribution in [2.24, 2.45) is 58.7 Å². The van der Waals surface area contributed by atoms with Gasteiger partial charge in [-0.1, -0.05) is 0 Å². The van der Waals surface area contributed by atoms with E-state index in [9.17, 15) is 0 Å². The highest BCUT2D eigenvalue weighted by molar-refractivity contribution is 5.38. The van der Waals surface area contributed by atoms with Crippen molar-refractivity contribution in [1.82, 2.24) is 0 Å². The van der Waals surface area contributed by atoms with Crippen molar-refractivity contribution in [3.8, 4) is 0 Å². The molecule has 1 nitrogen and oxygen atoms in total. The summed E-state index contributed by atoms with van der Waals surface area (Å²) < 4.78 is 2.39. The third-order valence-corrected chi connectivity index (χ3v) is 9.73. The van der Waals surface area contributed by atoms with Crippen LogP contribution in [0.4, 0.5) is 0 Å². The van der Waals surface area contributed by atoms with Crippen LogP contribution in [0.3, 0.4) is 0 Å². The van der Waals surface area contributed by atoms with Gasteiger partial charge in [0.2, 0.25) is 0 Å². The van der Waals surface area contributed by atoms with Crippen LogP contribution in [0.25, 0.3) is 0 Å². The van der Waals surface area contributed by atoms with E-state index in [0.29, 0.717) is 0 Å². The molecule has 1 heteroatoms. The van der Waals surface area contributed by atoms with Gasteiger partial charge in [-0.25, -0.2) is 4.58 Å². The molecule has 8 rings (SSSR count). The van der Waals surface area contributed by atoms with Crippen molar-refractivity contribution in [3.63, 3.8) is 0 Å². The van der Waals surface area contributed by atoms with Gasteiger partial charge in [0.1, 0.15) is 6.72 Å². The van der Waals surface area contributed by atoms with Gasteiger partial charge in [0.05, 0.1) is 5.92 Å². The number of piperidine rings is 1. The zero-order valence-electron chi connectivity index (χ0n) is 12.9. The fourth-order valence-electron chi connectivity index (χ4n) is 8.88. The molecule has 1 spiro atoms. The van der Waals surface area contributed by atoms with Crippen molar-refractivity contribution in [3.05, 3.63) is 12.3 Å². The number of hydrogen-bond donors (Lipinski definition) is 0. The Bertz CT molecular complexity index is 613. The van der Waals surface area contributed by atoms with Crippen molar-refractivity contribution in [2.45, 2.75) is 44.6 Å². The fraction of sp³-hybridized carbons (Fsp3) is 0.850. The lowest BCUT2D eigenvalue weighted by molar-refractivity contribution is -0.496. The lowest BCUT2D eigenvalue weighted by Crippen LogP contribution is -2.69. The maximum Gasteiger partial charge on any atom is 0.177 e. The SMILES string of the molecule is C=C1C2CCC3CC3CC3CC4C3C3CC5(C43)C([C@@H]25)[N+]1=C. The Labute approximate surface area is 127 Å². The number of hydrogen-bond acceptors (Lipinski definition) is 0. The molecule has 0 radical (unpaired) electrons. The molecule has 10 unspecified atom stereocenters. The molecule has 110 valence electrons. The first-order valence-corrected chi connectivity index (χ1v) is 9.50. The molecule has 0 N–H and O–H groups in total. The maximum absolute atomic E-state index is 4.42. The second-order valence-corrected chi connectivity index (χ2v) is 9.85. The van der Waals surface area contributed by atoms with E-state index in [2.05, 4.69) is 17.9 Å². The van der Waals surface area contributed by atoms with E-state index in [-0.39, 0.29) is 0 Å². The van der Waals surface area contributed by atoms with Crippen molar-refractivity contribution < 1.29 is 4.58 Å². The van der Waals surface area contributed by atoms with Crippen LogP contribution in [0, 0.1) is 58.7 Å². The smallest absolute Gasteiger partial charge is 0.177 e. The van der Waals surface area contributed by atoms with E-state index in [4.69, 9.17) is 0 Å². The van der Waals surface area contributed by atoms with Crippen LogP contribution >= 0.6 is 0 Å². The Morgan fingerprint density at radius 1 is 0.952 bits per heavy atom. The molecular formula is C20H26N+. The largest absolute Gasteiger partial charge is 0.206 e. The molecule has 0 aromatic rings. The minimum atomic E-state index is 0.743. The Morgan fingerprint density at radius 3 is 2.67 bits per heavy atom. The minimum absolute atomic E-state index is 0.743. The summed E-state index contributed by atoms with van der Waals surface area (Å²) in [7, 11) is 0. The summed E-state index contributed by atoms with van der Waals surface area (Å²) in [4.78, 5) is 0. The zero-order valence-corrected chi connectivity index (χ0v) is 12.9. The van der Waals surface area contributed by atoms with Crippen LogP contribution in [0.1, 0.15) is 38.5 Å². The van der Waals surface area contributed by atoms with Crippen LogP contribution in [0.15, 0.2) is 12.3 Å².